The molecule has 0 radical (unpaired) electrons. The van der Waals surface area contributed by atoms with Crippen molar-refractivity contribution in [3.05, 3.63) is 4.60 Å². The van der Waals surface area contributed by atoms with E-state index in [0.29, 0.717) is 0 Å². The van der Waals surface area contributed by atoms with Gasteiger partial charge in [0.15, 0.2) is 10.1 Å². The van der Waals surface area contributed by atoms with Crippen LogP contribution in [0.5, 0.6) is 0 Å². The van der Waals surface area contributed by atoms with Gasteiger partial charge in [0.25, 0.3) is 10.0 Å². The average molecular weight is 355 g/mol. The van der Waals surface area contributed by atoms with Gasteiger partial charge in [-0.15, -0.1) is 5.10 Å². The van der Waals surface area contributed by atoms with Crippen LogP contribution < -0.4 is 4.72 Å². The summed E-state index contributed by atoms with van der Waals surface area (Å²) in [5.41, 5.74) is -1.65. The number of aryl methyl sites for hydroxylation is 1. The van der Waals surface area contributed by atoms with Gasteiger partial charge in [0.1, 0.15) is 0 Å². The zero-order valence-electron chi connectivity index (χ0n) is 9.83. The molecule has 1 aromatic heterocycles. The third-order valence-corrected chi connectivity index (χ3v) is 5.18. The smallest absolute Gasteiger partial charge is 0.327 e. The monoisotopic (exact) mass is 354 g/mol. The van der Waals surface area contributed by atoms with Crippen LogP contribution in [-0.4, -0.2) is 53.2 Å². The average Bonchev–Trinajstić information content (AvgIpc) is 2.86. The maximum atomic E-state index is 12.2. The number of carboxylic acids is 1. The number of carboxylic acid groups (broad SMARTS) is 1. The maximum absolute atomic E-state index is 12.2. The lowest BCUT2D eigenvalue weighted by molar-refractivity contribution is -0.144. The van der Waals surface area contributed by atoms with Crippen molar-refractivity contribution in [2.45, 2.75) is 17.0 Å². The van der Waals surface area contributed by atoms with E-state index >= 15 is 0 Å². The number of carbonyl (C=O) groups is 1. The lowest BCUT2D eigenvalue weighted by atomic mass is 10.0. The first-order valence-corrected chi connectivity index (χ1v) is 7.46. The van der Waals surface area contributed by atoms with Gasteiger partial charge in [-0.2, -0.15) is 4.72 Å². The van der Waals surface area contributed by atoms with Gasteiger partial charge in [-0.3, -0.25) is 4.79 Å². The number of aliphatic carboxylic acids is 1. The summed E-state index contributed by atoms with van der Waals surface area (Å²) in [4.78, 5) is 11.3. The van der Waals surface area contributed by atoms with Crippen LogP contribution in [0.15, 0.2) is 9.63 Å². The minimum atomic E-state index is -4.08. The van der Waals surface area contributed by atoms with E-state index in [1.54, 1.807) is 0 Å². The van der Waals surface area contributed by atoms with Crippen molar-refractivity contribution in [2.75, 3.05) is 13.2 Å². The number of nitrogens with one attached hydrogen (secondary N) is 1. The molecule has 2 N–H and O–H groups in total. The molecule has 0 amide bonds. The van der Waals surface area contributed by atoms with Crippen molar-refractivity contribution in [1.29, 1.82) is 0 Å². The number of aromatic nitrogens is 3. The molecule has 2 rings (SSSR count). The summed E-state index contributed by atoms with van der Waals surface area (Å²) in [6, 6.07) is 0. The van der Waals surface area contributed by atoms with Crippen LogP contribution in [0.2, 0.25) is 0 Å². The first-order valence-electron chi connectivity index (χ1n) is 5.19. The number of rotatable bonds is 4. The molecule has 1 unspecified atom stereocenters. The number of halogens is 1. The van der Waals surface area contributed by atoms with Gasteiger partial charge >= 0.3 is 5.97 Å². The topological polar surface area (TPSA) is 123 Å². The van der Waals surface area contributed by atoms with Gasteiger partial charge < -0.3 is 9.84 Å². The molecule has 0 aromatic carbocycles. The van der Waals surface area contributed by atoms with Crippen LogP contribution in [0.25, 0.3) is 0 Å². The molecule has 0 spiro atoms. The van der Waals surface area contributed by atoms with Gasteiger partial charge in [0.2, 0.25) is 5.03 Å². The molecule has 106 valence electrons. The molecule has 1 aliphatic rings. The van der Waals surface area contributed by atoms with E-state index in [2.05, 4.69) is 31.0 Å². The maximum Gasteiger partial charge on any atom is 0.327 e. The highest BCUT2D eigenvalue weighted by Crippen LogP contribution is 2.24. The molecule has 11 heteroatoms. The van der Waals surface area contributed by atoms with Crippen molar-refractivity contribution < 1.29 is 23.1 Å². The molecular formula is C8H11BrN4O5S. The third kappa shape index (κ3) is 2.50. The van der Waals surface area contributed by atoms with Crippen molar-refractivity contribution in [3.63, 3.8) is 0 Å². The lowest BCUT2D eigenvalue weighted by Crippen LogP contribution is -2.55. The summed E-state index contributed by atoms with van der Waals surface area (Å²) in [5, 5.41) is 16.1. The third-order valence-electron chi connectivity index (χ3n) is 2.75. The SMILES string of the molecule is Cn1nnc(Br)c1S(=O)(=O)NC1(C(=O)O)CCOC1. The minimum absolute atomic E-state index is 0.0157. The number of nitrogens with zero attached hydrogens (tertiary/aromatic N) is 3. The quantitative estimate of drug-likeness (QED) is 0.717. The van der Waals surface area contributed by atoms with Gasteiger partial charge in [0.05, 0.1) is 6.61 Å². The van der Waals surface area contributed by atoms with Gasteiger partial charge in [-0.05, 0) is 15.9 Å². The van der Waals surface area contributed by atoms with Crippen LogP contribution in [0.1, 0.15) is 6.42 Å². The first-order chi connectivity index (χ1) is 8.78. The van der Waals surface area contributed by atoms with Crippen molar-refractivity contribution in [3.8, 4) is 0 Å². The minimum Gasteiger partial charge on any atom is -0.480 e. The second-order valence-corrected chi connectivity index (χ2v) is 6.45. The summed E-state index contributed by atoms with van der Waals surface area (Å²) in [5.74, 6) is -1.28. The highest BCUT2D eigenvalue weighted by Gasteiger charge is 2.47. The normalized spacial score (nSPS) is 23.7. The Morgan fingerprint density at radius 3 is 2.74 bits per heavy atom. The summed E-state index contributed by atoms with van der Waals surface area (Å²) >= 11 is 2.96. The van der Waals surface area contributed by atoms with Crippen molar-refractivity contribution in [2.24, 2.45) is 7.05 Å². The van der Waals surface area contributed by atoms with Crippen molar-refractivity contribution in [1.82, 2.24) is 19.7 Å². The molecule has 1 saturated heterocycles. The fourth-order valence-corrected chi connectivity index (χ4v) is 4.24. The van der Waals surface area contributed by atoms with Crippen LogP contribution in [0.3, 0.4) is 0 Å². The van der Waals surface area contributed by atoms with E-state index in [9.17, 15) is 18.3 Å². The molecular weight excluding hydrogens is 344 g/mol. The van der Waals surface area contributed by atoms with Crippen LogP contribution in [0, 0.1) is 0 Å². The van der Waals surface area contributed by atoms with Crippen LogP contribution >= 0.6 is 15.9 Å². The Hall–Kier alpha value is -1.04. The molecule has 19 heavy (non-hydrogen) atoms. The molecule has 0 saturated carbocycles. The Bertz CT molecular complexity index is 587. The molecule has 1 atom stereocenters. The zero-order chi connectivity index (χ0) is 14.3. The first kappa shape index (κ1) is 14.4. The second kappa shape index (κ2) is 4.81. The van der Waals surface area contributed by atoms with Crippen molar-refractivity contribution >= 4 is 31.9 Å². The Morgan fingerprint density at radius 1 is 1.63 bits per heavy atom. The lowest BCUT2D eigenvalue weighted by Gasteiger charge is -2.23. The highest BCUT2D eigenvalue weighted by molar-refractivity contribution is 9.10. The molecule has 0 aliphatic carbocycles. The van der Waals surface area contributed by atoms with E-state index in [1.165, 1.54) is 7.05 Å². The van der Waals surface area contributed by atoms with E-state index in [-0.39, 0.29) is 29.3 Å². The number of hydrogen-bond acceptors (Lipinski definition) is 6. The van der Waals surface area contributed by atoms with Crippen LogP contribution in [0.4, 0.5) is 0 Å². The molecule has 1 fully saturated rings. The van der Waals surface area contributed by atoms with Gasteiger partial charge in [-0.25, -0.2) is 13.1 Å². The van der Waals surface area contributed by atoms with E-state index < -0.39 is 21.5 Å². The summed E-state index contributed by atoms with van der Waals surface area (Å²) in [6.45, 7) is -0.0376. The summed E-state index contributed by atoms with van der Waals surface area (Å²) < 4.78 is 32.7. The predicted octanol–water partition coefficient (Wildman–Crippen LogP) is -0.900. The predicted molar refractivity (Wildman–Crippen MR) is 64.8 cm³/mol. The van der Waals surface area contributed by atoms with Gasteiger partial charge in [0, 0.05) is 20.1 Å². The summed E-state index contributed by atoms with van der Waals surface area (Å²) in [7, 11) is -2.69. The largest absolute Gasteiger partial charge is 0.480 e. The molecule has 2 heterocycles. The number of ether oxygens (including phenoxy) is 1. The van der Waals surface area contributed by atoms with E-state index in [0.717, 1.165) is 4.68 Å². The van der Waals surface area contributed by atoms with E-state index in [1.807, 2.05) is 0 Å². The zero-order valence-corrected chi connectivity index (χ0v) is 12.2. The Balaban J connectivity index is 2.39. The van der Waals surface area contributed by atoms with E-state index in [4.69, 9.17) is 4.74 Å². The fourth-order valence-electron chi connectivity index (χ4n) is 1.77. The Kier molecular flexibility index (Phi) is 3.64. The number of sulfonamides is 1. The molecule has 1 aliphatic heterocycles. The summed E-state index contributed by atoms with van der Waals surface area (Å²) in [6.07, 6.45) is 0.0600. The Morgan fingerprint density at radius 2 is 2.32 bits per heavy atom. The number of hydrogen-bond donors (Lipinski definition) is 2. The fraction of sp³-hybridized carbons (Fsp3) is 0.625. The standard InChI is InChI=1S/C8H11BrN4O5S/c1-13-6(5(9)10-12-13)19(16,17)11-8(7(14)15)2-3-18-4-8/h11H,2-4H2,1H3,(H,14,15). The molecule has 0 bridgehead atoms. The molecule has 9 nitrogen and oxygen atoms in total. The second-order valence-electron chi connectivity index (χ2n) is 4.10. The Labute approximate surface area is 117 Å². The van der Waals surface area contributed by atoms with Crippen LogP contribution in [-0.2, 0) is 26.6 Å². The molecule has 1 aromatic rings. The highest BCUT2D eigenvalue weighted by atomic mass is 79.9. The van der Waals surface area contributed by atoms with Gasteiger partial charge in [-0.1, -0.05) is 5.21 Å².